The van der Waals surface area contributed by atoms with Crippen molar-refractivity contribution in [1.29, 1.82) is 0 Å². The Morgan fingerprint density at radius 1 is 1.00 bits per heavy atom. The predicted molar refractivity (Wildman–Crippen MR) is 115 cm³/mol. The summed E-state index contributed by atoms with van der Waals surface area (Å²) in [5.74, 6) is 0.231. The van der Waals surface area contributed by atoms with Gasteiger partial charge < -0.3 is 15.4 Å². The van der Waals surface area contributed by atoms with Crippen LogP contribution in [-0.2, 0) is 21.4 Å². The highest BCUT2D eigenvalue weighted by molar-refractivity contribution is 6.00. The second-order valence-corrected chi connectivity index (χ2v) is 8.62. The maximum Gasteiger partial charge on any atom is 0.228 e. The molecule has 0 radical (unpaired) electrons. The molecule has 5 nitrogen and oxygen atoms in total. The number of carbonyl (C=O) groups is 2. The van der Waals surface area contributed by atoms with E-state index in [9.17, 15) is 9.59 Å². The lowest BCUT2D eigenvalue weighted by Crippen LogP contribution is -2.29. The first-order valence-electron chi connectivity index (χ1n) is 10.1. The molecule has 2 unspecified atom stereocenters. The van der Waals surface area contributed by atoms with Crippen molar-refractivity contribution in [3.63, 3.8) is 0 Å². The number of para-hydroxylation sites is 1. The van der Waals surface area contributed by atoms with E-state index in [2.05, 4.69) is 31.4 Å². The fraction of sp³-hybridized carbons (Fsp3) is 0.417. The Balaban J connectivity index is 1.47. The van der Waals surface area contributed by atoms with Gasteiger partial charge in [-0.2, -0.15) is 0 Å². The topological polar surface area (TPSA) is 67.4 Å². The summed E-state index contributed by atoms with van der Waals surface area (Å²) in [6.07, 6.45) is 1.36. The summed E-state index contributed by atoms with van der Waals surface area (Å²) in [5, 5.41) is 5.98. The first-order chi connectivity index (χ1) is 13.8. The molecule has 0 spiro atoms. The molecule has 3 rings (SSSR count). The van der Waals surface area contributed by atoms with E-state index in [0.29, 0.717) is 13.0 Å². The van der Waals surface area contributed by atoms with Gasteiger partial charge in [-0.1, -0.05) is 51.1 Å². The molecule has 154 valence electrons. The summed E-state index contributed by atoms with van der Waals surface area (Å²) in [7, 11) is 1.64. The zero-order valence-electron chi connectivity index (χ0n) is 17.6. The Hall–Kier alpha value is -2.82. The standard InChI is InChI=1S/C24H30N2O3/c1-24(2,3)20-7-5-6-8-21(20)26-23(28)19-15-18(19)22(27)25-14-13-16-9-11-17(29-4)12-10-16/h5-12,18-19H,13-15H2,1-4H3,(H,25,27)(H,26,28). The molecule has 0 aromatic heterocycles. The zero-order valence-corrected chi connectivity index (χ0v) is 17.6. The lowest BCUT2D eigenvalue weighted by atomic mass is 9.86. The Morgan fingerprint density at radius 3 is 2.31 bits per heavy atom. The van der Waals surface area contributed by atoms with Crippen LogP contribution in [0.15, 0.2) is 48.5 Å². The number of ether oxygens (including phenoxy) is 1. The van der Waals surface area contributed by atoms with E-state index in [4.69, 9.17) is 4.74 Å². The smallest absolute Gasteiger partial charge is 0.228 e. The molecule has 29 heavy (non-hydrogen) atoms. The zero-order chi connectivity index (χ0) is 21.0. The largest absolute Gasteiger partial charge is 0.497 e. The summed E-state index contributed by atoms with van der Waals surface area (Å²) in [6.45, 7) is 6.92. The van der Waals surface area contributed by atoms with Crippen molar-refractivity contribution in [3.05, 3.63) is 59.7 Å². The second-order valence-electron chi connectivity index (χ2n) is 8.62. The van der Waals surface area contributed by atoms with Gasteiger partial charge in [0.15, 0.2) is 0 Å². The van der Waals surface area contributed by atoms with Gasteiger partial charge in [-0.05, 0) is 47.6 Å². The van der Waals surface area contributed by atoms with Gasteiger partial charge in [-0.3, -0.25) is 9.59 Å². The monoisotopic (exact) mass is 394 g/mol. The highest BCUT2D eigenvalue weighted by Gasteiger charge is 2.48. The summed E-state index contributed by atoms with van der Waals surface area (Å²) >= 11 is 0. The van der Waals surface area contributed by atoms with Crippen LogP contribution < -0.4 is 15.4 Å². The SMILES string of the molecule is COc1ccc(CCNC(=O)C2CC2C(=O)Nc2ccccc2C(C)(C)C)cc1. The second kappa shape index (κ2) is 8.68. The molecule has 1 fully saturated rings. The van der Waals surface area contributed by atoms with E-state index in [1.165, 1.54) is 0 Å². The van der Waals surface area contributed by atoms with E-state index in [0.717, 1.165) is 29.0 Å². The molecule has 5 heteroatoms. The first-order valence-corrected chi connectivity index (χ1v) is 10.1. The van der Waals surface area contributed by atoms with Crippen molar-refractivity contribution in [3.8, 4) is 5.75 Å². The highest BCUT2D eigenvalue weighted by Crippen LogP contribution is 2.40. The normalized spacial score (nSPS) is 18.1. The number of hydrogen-bond donors (Lipinski definition) is 2. The molecule has 1 saturated carbocycles. The van der Waals surface area contributed by atoms with E-state index in [1.807, 2.05) is 48.5 Å². The number of carbonyl (C=O) groups excluding carboxylic acids is 2. The van der Waals surface area contributed by atoms with Gasteiger partial charge in [0.2, 0.25) is 11.8 Å². The molecular formula is C24H30N2O3. The fourth-order valence-electron chi connectivity index (χ4n) is 3.50. The number of hydrogen-bond acceptors (Lipinski definition) is 3. The first kappa shape index (κ1) is 20.9. The molecule has 0 aliphatic heterocycles. The van der Waals surface area contributed by atoms with Crippen LogP contribution in [0.3, 0.4) is 0 Å². The number of rotatable bonds is 7. The molecular weight excluding hydrogens is 364 g/mol. The number of nitrogens with one attached hydrogen (secondary N) is 2. The number of amides is 2. The summed E-state index contributed by atoms with van der Waals surface area (Å²) in [6, 6.07) is 15.7. The molecule has 2 atom stereocenters. The van der Waals surface area contributed by atoms with Crippen molar-refractivity contribution < 1.29 is 14.3 Å². The summed E-state index contributed by atoms with van der Waals surface area (Å²) in [4.78, 5) is 25.0. The van der Waals surface area contributed by atoms with Crippen LogP contribution in [0.4, 0.5) is 5.69 Å². The van der Waals surface area contributed by atoms with Gasteiger partial charge in [0, 0.05) is 12.2 Å². The van der Waals surface area contributed by atoms with Crippen molar-refractivity contribution in [2.24, 2.45) is 11.8 Å². The van der Waals surface area contributed by atoms with Crippen molar-refractivity contribution in [1.82, 2.24) is 5.32 Å². The van der Waals surface area contributed by atoms with Crippen LogP contribution >= 0.6 is 0 Å². The lowest BCUT2D eigenvalue weighted by Gasteiger charge is -2.23. The Morgan fingerprint density at radius 2 is 1.66 bits per heavy atom. The Bertz CT molecular complexity index is 868. The molecule has 0 bridgehead atoms. The van der Waals surface area contributed by atoms with Crippen molar-refractivity contribution in [2.75, 3.05) is 19.0 Å². The van der Waals surface area contributed by atoms with Crippen LogP contribution in [0.25, 0.3) is 0 Å². The molecule has 0 heterocycles. The molecule has 0 saturated heterocycles. The van der Waals surface area contributed by atoms with E-state index >= 15 is 0 Å². The molecule has 1 aliphatic rings. The minimum atomic E-state index is -0.246. The Labute approximate surface area is 172 Å². The molecule has 2 amide bonds. The van der Waals surface area contributed by atoms with Crippen LogP contribution in [0.5, 0.6) is 5.75 Å². The minimum absolute atomic E-state index is 0.0391. The third-order valence-electron chi connectivity index (χ3n) is 5.33. The van der Waals surface area contributed by atoms with E-state index in [1.54, 1.807) is 7.11 Å². The van der Waals surface area contributed by atoms with Crippen molar-refractivity contribution in [2.45, 2.75) is 39.0 Å². The number of anilines is 1. The fourth-order valence-corrected chi connectivity index (χ4v) is 3.50. The maximum atomic E-state index is 12.6. The third-order valence-corrected chi connectivity index (χ3v) is 5.33. The van der Waals surface area contributed by atoms with Crippen LogP contribution in [0.2, 0.25) is 0 Å². The van der Waals surface area contributed by atoms with Gasteiger partial charge in [0.1, 0.15) is 5.75 Å². The highest BCUT2D eigenvalue weighted by atomic mass is 16.5. The molecule has 2 aromatic carbocycles. The van der Waals surface area contributed by atoms with Gasteiger partial charge in [0.05, 0.1) is 18.9 Å². The van der Waals surface area contributed by atoms with Gasteiger partial charge in [-0.25, -0.2) is 0 Å². The van der Waals surface area contributed by atoms with Crippen LogP contribution in [-0.4, -0.2) is 25.5 Å². The van der Waals surface area contributed by atoms with E-state index < -0.39 is 0 Å². The van der Waals surface area contributed by atoms with Gasteiger partial charge >= 0.3 is 0 Å². The maximum absolute atomic E-state index is 12.6. The summed E-state index contributed by atoms with van der Waals surface area (Å²) in [5.41, 5.74) is 2.99. The van der Waals surface area contributed by atoms with Crippen LogP contribution in [0.1, 0.15) is 38.3 Å². The number of methoxy groups -OCH3 is 1. The number of benzene rings is 2. The molecule has 2 aromatic rings. The average molecular weight is 395 g/mol. The quantitative estimate of drug-likeness (QED) is 0.748. The Kier molecular flexibility index (Phi) is 6.26. The van der Waals surface area contributed by atoms with Gasteiger partial charge in [0.25, 0.3) is 0 Å². The van der Waals surface area contributed by atoms with Crippen molar-refractivity contribution >= 4 is 17.5 Å². The van der Waals surface area contributed by atoms with E-state index in [-0.39, 0.29) is 29.1 Å². The van der Waals surface area contributed by atoms with Gasteiger partial charge in [-0.15, -0.1) is 0 Å². The lowest BCUT2D eigenvalue weighted by molar-refractivity contribution is -0.125. The predicted octanol–water partition coefficient (Wildman–Crippen LogP) is 3.93. The molecule has 1 aliphatic carbocycles. The minimum Gasteiger partial charge on any atom is -0.497 e. The molecule has 2 N–H and O–H groups in total. The summed E-state index contributed by atoms with van der Waals surface area (Å²) < 4.78 is 5.15. The third kappa shape index (κ3) is 5.37. The van der Waals surface area contributed by atoms with Crippen LogP contribution in [0, 0.1) is 11.8 Å². The average Bonchev–Trinajstić information content (AvgIpc) is 3.49.